The highest BCUT2D eigenvalue weighted by molar-refractivity contribution is 5.89. The maximum atomic E-state index is 12.0. The number of fused-ring (bicyclic) bond motifs is 2. The van der Waals surface area contributed by atoms with Crippen molar-refractivity contribution < 1.29 is 14.4 Å². The number of carbonyl (C=O) groups excluding carboxylic acids is 2. The van der Waals surface area contributed by atoms with Gasteiger partial charge in [-0.05, 0) is 12.5 Å². The molecule has 92 valence electrons. The van der Waals surface area contributed by atoms with Gasteiger partial charge in [0.05, 0.1) is 19.2 Å². The van der Waals surface area contributed by atoms with Crippen molar-refractivity contribution in [2.45, 2.75) is 19.0 Å². The molecule has 17 heavy (non-hydrogen) atoms. The molecule has 2 heterocycles. The Balaban J connectivity index is 2.24. The fraction of sp³-hybridized carbons (Fsp3) is 0.455. The van der Waals surface area contributed by atoms with E-state index in [0.717, 1.165) is 5.57 Å². The number of hydrogen-bond donors (Lipinski definition) is 1. The van der Waals surface area contributed by atoms with Crippen molar-refractivity contribution in [3.63, 3.8) is 0 Å². The minimum atomic E-state index is -0.670. The van der Waals surface area contributed by atoms with E-state index in [1.807, 2.05) is 6.92 Å². The van der Waals surface area contributed by atoms with E-state index in [4.69, 9.17) is 10.6 Å². The Kier molecular flexibility index (Phi) is 2.89. The normalized spacial score (nSPS) is 27.1. The minimum absolute atomic E-state index is 0.141. The maximum absolute atomic E-state index is 12.0. The Bertz CT molecular complexity index is 405. The summed E-state index contributed by atoms with van der Waals surface area (Å²) in [6.45, 7) is 6.08. The first-order valence-electron chi connectivity index (χ1n) is 5.37. The highest BCUT2D eigenvalue weighted by atomic mass is 16.7. The first-order chi connectivity index (χ1) is 8.06. The van der Waals surface area contributed by atoms with Crippen LogP contribution in [-0.2, 0) is 9.63 Å². The van der Waals surface area contributed by atoms with E-state index in [2.05, 4.69) is 6.58 Å². The van der Waals surface area contributed by atoms with Crippen LogP contribution in [0.3, 0.4) is 0 Å². The van der Waals surface area contributed by atoms with Gasteiger partial charge < -0.3 is 10.6 Å². The molecule has 2 aliphatic heterocycles. The molecule has 0 aromatic carbocycles. The third-order valence-corrected chi connectivity index (χ3v) is 2.99. The topological polar surface area (TPSA) is 75.9 Å². The molecule has 0 aliphatic carbocycles. The van der Waals surface area contributed by atoms with Gasteiger partial charge in [-0.3, -0.25) is 9.63 Å². The molecular weight excluding hydrogens is 222 g/mol. The van der Waals surface area contributed by atoms with Gasteiger partial charge >= 0.3 is 6.03 Å². The van der Waals surface area contributed by atoms with E-state index in [1.54, 1.807) is 12.2 Å². The Morgan fingerprint density at radius 2 is 2.47 bits per heavy atom. The molecule has 6 nitrogen and oxygen atoms in total. The minimum Gasteiger partial charge on any atom is -0.368 e. The maximum Gasteiger partial charge on any atom is 0.345 e. The molecule has 1 saturated heterocycles. The van der Waals surface area contributed by atoms with Crippen LogP contribution >= 0.6 is 0 Å². The molecule has 1 fully saturated rings. The molecule has 2 rings (SSSR count). The van der Waals surface area contributed by atoms with E-state index in [9.17, 15) is 9.59 Å². The highest BCUT2D eigenvalue weighted by Gasteiger charge is 2.46. The number of primary amides is 1. The van der Waals surface area contributed by atoms with Crippen LogP contribution in [0.25, 0.3) is 0 Å². The quantitative estimate of drug-likeness (QED) is 0.700. The number of nitrogens with two attached hydrogens (primary N) is 1. The Morgan fingerprint density at radius 3 is 3.06 bits per heavy atom. The van der Waals surface area contributed by atoms with E-state index in [-0.39, 0.29) is 18.7 Å². The number of hydroxylamine groups is 2. The molecule has 6 heteroatoms. The summed E-state index contributed by atoms with van der Waals surface area (Å²) in [5.74, 6) is -0.526. The molecule has 0 saturated carbocycles. The SMILES string of the molecule is C=CCON1C(=O)N2C[C@H]1C(C)=C[C@H]2C(N)=O. The summed E-state index contributed by atoms with van der Waals surface area (Å²) < 4.78 is 0. The second-order valence-corrected chi connectivity index (χ2v) is 4.12. The van der Waals surface area contributed by atoms with Crippen LogP contribution in [0.4, 0.5) is 4.79 Å². The van der Waals surface area contributed by atoms with Gasteiger partial charge in [-0.2, -0.15) is 5.06 Å². The van der Waals surface area contributed by atoms with Crippen molar-refractivity contribution in [2.24, 2.45) is 5.73 Å². The number of urea groups is 1. The molecule has 0 unspecified atom stereocenters. The number of amides is 3. The summed E-state index contributed by atoms with van der Waals surface area (Å²) in [6.07, 6.45) is 3.28. The number of rotatable bonds is 4. The summed E-state index contributed by atoms with van der Waals surface area (Å²) in [4.78, 5) is 30.0. The smallest absolute Gasteiger partial charge is 0.345 e. The summed E-state index contributed by atoms with van der Waals surface area (Å²) in [6, 6.07) is -1.14. The van der Waals surface area contributed by atoms with Crippen molar-refractivity contribution >= 4 is 11.9 Å². The van der Waals surface area contributed by atoms with E-state index in [0.29, 0.717) is 6.54 Å². The predicted octanol–water partition coefficient (Wildman–Crippen LogP) is 0.0240. The molecule has 2 bridgehead atoms. The van der Waals surface area contributed by atoms with Crippen LogP contribution in [-0.4, -0.2) is 47.1 Å². The fourth-order valence-corrected chi connectivity index (χ4v) is 2.12. The third kappa shape index (κ3) is 1.80. The van der Waals surface area contributed by atoms with Crippen LogP contribution in [0.5, 0.6) is 0 Å². The average molecular weight is 237 g/mol. The molecule has 2 atom stereocenters. The van der Waals surface area contributed by atoms with Crippen LogP contribution in [0.2, 0.25) is 0 Å². The second kappa shape index (κ2) is 4.21. The number of nitrogens with zero attached hydrogens (tertiary/aromatic N) is 2. The third-order valence-electron chi connectivity index (χ3n) is 2.99. The van der Waals surface area contributed by atoms with Gasteiger partial charge in [0.1, 0.15) is 6.04 Å². The molecular formula is C11H15N3O3. The van der Waals surface area contributed by atoms with Gasteiger partial charge in [0, 0.05) is 0 Å². The van der Waals surface area contributed by atoms with Crippen molar-refractivity contribution in [2.75, 3.05) is 13.2 Å². The largest absolute Gasteiger partial charge is 0.368 e. The number of carbonyl (C=O) groups is 2. The lowest BCUT2D eigenvalue weighted by Gasteiger charge is -2.25. The zero-order valence-corrected chi connectivity index (χ0v) is 9.63. The summed E-state index contributed by atoms with van der Waals surface area (Å²) >= 11 is 0. The van der Waals surface area contributed by atoms with Crippen LogP contribution in [0, 0.1) is 0 Å². The summed E-state index contributed by atoms with van der Waals surface area (Å²) in [7, 11) is 0. The molecule has 3 amide bonds. The molecule has 2 aliphatic rings. The molecule has 0 spiro atoms. The zero-order chi connectivity index (χ0) is 12.6. The highest BCUT2D eigenvalue weighted by Crippen LogP contribution is 2.29. The first kappa shape index (κ1) is 11.7. The van der Waals surface area contributed by atoms with Gasteiger partial charge in [-0.1, -0.05) is 12.2 Å². The second-order valence-electron chi connectivity index (χ2n) is 4.12. The lowest BCUT2D eigenvalue weighted by Crippen LogP contribution is -2.46. The van der Waals surface area contributed by atoms with Crippen molar-refractivity contribution in [1.82, 2.24) is 9.96 Å². The van der Waals surface area contributed by atoms with Crippen molar-refractivity contribution in [3.8, 4) is 0 Å². The predicted molar refractivity (Wildman–Crippen MR) is 60.6 cm³/mol. The van der Waals surface area contributed by atoms with Crippen LogP contribution in [0.15, 0.2) is 24.3 Å². The fourth-order valence-electron chi connectivity index (χ4n) is 2.12. The van der Waals surface area contributed by atoms with Crippen LogP contribution < -0.4 is 5.73 Å². The zero-order valence-electron chi connectivity index (χ0n) is 9.63. The van der Waals surface area contributed by atoms with E-state index >= 15 is 0 Å². The van der Waals surface area contributed by atoms with E-state index < -0.39 is 11.9 Å². The molecule has 0 aromatic heterocycles. The molecule has 0 radical (unpaired) electrons. The Hall–Kier alpha value is -1.82. The summed E-state index contributed by atoms with van der Waals surface area (Å²) in [5.41, 5.74) is 6.19. The van der Waals surface area contributed by atoms with E-state index in [1.165, 1.54) is 9.96 Å². The van der Waals surface area contributed by atoms with Crippen LogP contribution in [0.1, 0.15) is 6.92 Å². The van der Waals surface area contributed by atoms with Crippen molar-refractivity contribution in [1.29, 1.82) is 0 Å². The molecule has 0 aromatic rings. The standard InChI is InChI=1S/C11H15N3O3/c1-3-4-17-14-9-6-13(11(14)16)8(10(12)15)5-7(9)2/h3,5,8-9H,1,4,6H2,2H3,(H2,12,15)/t8-,9-/m0/s1. The lowest BCUT2D eigenvalue weighted by atomic mass is 10.0. The number of hydrogen-bond acceptors (Lipinski definition) is 3. The van der Waals surface area contributed by atoms with Gasteiger partial charge in [0.2, 0.25) is 5.91 Å². The van der Waals surface area contributed by atoms with Gasteiger partial charge in [0.15, 0.2) is 0 Å². The van der Waals surface area contributed by atoms with Crippen molar-refractivity contribution in [3.05, 3.63) is 24.3 Å². The monoisotopic (exact) mass is 237 g/mol. The molecule has 2 N–H and O–H groups in total. The summed E-state index contributed by atoms with van der Waals surface area (Å²) in [5, 5.41) is 1.29. The lowest BCUT2D eigenvalue weighted by molar-refractivity contribution is -0.121. The van der Waals surface area contributed by atoms with Gasteiger partial charge in [-0.15, -0.1) is 6.58 Å². The van der Waals surface area contributed by atoms with Gasteiger partial charge in [-0.25, -0.2) is 4.79 Å². The Morgan fingerprint density at radius 1 is 1.76 bits per heavy atom. The Labute approximate surface area is 99.2 Å². The van der Waals surface area contributed by atoms with Gasteiger partial charge in [0.25, 0.3) is 0 Å². The first-order valence-corrected chi connectivity index (χ1v) is 5.37. The average Bonchev–Trinajstić information content (AvgIpc) is 2.56.